The zero-order valence-electron chi connectivity index (χ0n) is 12.0. The standard InChI is InChI=1S/C12H27N3O.HI/c1-7-16-11(10(2)3)8-9-14-12(13-4)15(5)6;/h10-11H,7-9H2,1-6H3,(H,13,14);1H. The van der Waals surface area contributed by atoms with Crippen molar-refractivity contribution in [2.75, 3.05) is 34.3 Å². The van der Waals surface area contributed by atoms with Crippen LogP contribution in [0, 0.1) is 5.92 Å². The summed E-state index contributed by atoms with van der Waals surface area (Å²) in [6.45, 7) is 8.11. The smallest absolute Gasteiger partial charge is 0.193 e. The van der Waals surface area contributed by atoms with E-state index in [0.717, 1.165) is 25.5 Å². The number of guanidine groups is 1. The topological polar surface area (TPSA) is 36.9 Å². The second kappa shape index (κ2) is 11.1. The van der Waals surface area contributed by atoms with Crippen molar-refractivity contribution in [3.8, 4) is 0 Å². The molecular weight excluding hydrogens is 329 g/mol. The van der Waals surface area contributed by atoms with Crippen molar-refractivity contribution >= 4 is 29.9 Å². The van der Waals surface area contributed by atoms with Gasteiger partial charge in [0, 0.05) is 34.3 Å². The van der Waals surface area contributed by atoms with Crippen molar-refractivity contribution in [1.82, 2.24) is 10.2 Å². The highest BCUT2D eigenvalue weighted by Crippen LogP contribution is 2.09. The Kier molecular flexibility index (Phi) is 12.6. The Bertz CT molecular complexity index is 208. The van der Waals surface area contributed by atoms with E-state index in [1.165, 1.54) is 0 Å². The van der Waals surface area contributed by atoms with Gasteiger partial charge in [-0.15, -0.1) is 24.0 Å². The SMILES string of the molecule is CCOC(CCNC(=NC)N(C)C)C(C)C.I. The first-order chi connectivity index (χ1) is 7.52. The minimum absolute atomic E-state index is 0. The van der Waals surface area contributed by atoms with Crippen molar-refractivity contribution in [2.24, 2.45) is 10.9 Å². The van der Waals surface area contributed by atoms with Crippen LogP contribution in [0.4, 0.5) is 0 Å². The van der Waals surface area contributed by atoms with E-state index >= 15 is 0 Å². The molecule has 0 rings (SSSR count). The molecule has 0 radical (unpaired) electrons. The third kappa shape index (κ3) is 8.65. The van der Waals surface area contributed by atoms with Gasteiger partial charge in [0.15, 0.2) is 5.96 Å². The molecule has 0 aromatic heterocycles. The van der Waals surface area contributed by atoms with E-state index in [1.54, 1.807) is 7.05 Å². The number of aliphatic imine (C=N–C) groups is 1. The van der Waals surface area contributed by atoms with Gasteiger partial charge in [-0.2, -0.15) is 0 Å². The van der Waals surface area contributed by atoms with Gasteiger partial charge in [-0.05, 0) is 19.3 Å². The summed E-state index contributed by atoms with van der Waals surface area (Å²) in [4.78, 5) is 6.14. The van der Waals surface area contributed by atoms with Crippen LogP contribution in [0.2, 0.25) is 0 Å². The number of nitrogens with one attached hydrogen (secondary N) is 1. The Morgan fingerprint density at radius 1 is 1.35 bits per heavy atom. The average molecular weight is 357 g/mol. The van der Waals surface area contributed by atoms with E-state index < -0.39 is 0 Å². The lowest BCUT2D eigenvalue weighted by molar-refractivity contribution is 0.0257. The molecule has 0 spiro atoms. The van der Waals surface area contributed by atoms with Gasteiger partial charge >= 0.3 is 0 Å². The molecule has 0 heterocycles. The first-order valence-corrected chi connectivity index (χ1v) is 6.02. The van der Waals surface area contributed by atoms with Crippen molar-refractivity contribution in [3.63, 3.8) is 0 Å². The summed E-state index contributed by atoms with van der Waals surface area (Å²) in [5, 5.41) is 3.31. The molecule has 0 fully saturated rings. The lowest BCUT2D eigenvalue weighted by Gasteiger charge is -2.22. The number of hydrogen-bond acceptors (Lipinski definition) is 2. The van der Waals surface area contributed by atoms with Crippen LogP contribution < -0.4 is 5.32 Å². The summed E-state index contributed by atoms with van der Waals surface area (Å²) in [7, 11) is 5.76. The first kappa shape index (κ1) is 19.3. The third-order valence-corrected chi connectivity index (χ3v) is 2.47. The van der Waals surface area contributed by atoms with Gasteiger partial charge in [0.05, 0.1) is 6.10 Å². The molecule has 0 amide bonds. The van der Waals surface area contributed by atoms with Crippen LogP contribution in [0.3, 0.4) is 0 Å². The number of hydrogen-bond donors (Lipinski definition) is 1. The molecule has 4 nitrogen and oxygen atoms in total. The number of nitrogens with zero attached hydrogens (tertiary/aromatic N) is 2. The molecule has 0 aliphatic carbocycles. The van der Waals surface area contributed by atoms with Crippen molar-refractivity contribution in [1.29, 1.82) is 0 Å². The molecule has 1 N–H and O–H groups in total. The third-order valence-electron chi connectivity index (χ3n) is 2.47. The molecule has 1 unspecified atom stereocenters. The van der Waals surface area contributed by atoms with Gasteiger partial charge in [-0.3, -0.25) is 4.99 Å². The van der Waals surface area contributed by atoms with E-state index in [0.29, 0.717) is 12.0 Å². The summed E-state index contributed by atoms with van der Waals surface area (Å²) < 4.78 is 5.69. The van der Waals surface area contributed by atoms with Gasteiger partial charge in [0.1, 0.15) is 0 Å². The fourth-order valence-electron chi connectivity index (χ4n) is 1.59. The van der Waals surface area contributed by atoms with Crippen LogP contribution in [0.15, 0.2) is 4.99 Å². The minimum atomic E-state index is 0. The van der Waals surface area contributed by atoms with Gasteiger partial charge in [-0.1, -0.05) is 13.8 Å². The molecule has 0 bridgehead atoms. The van der Waals surface area contributed by atoms with Crippen molar-refractivity contribution in [3.05, 3.63) is 0 Å². The van der Waals surface area contributed by atoms with Gasteiger partial charge in [0.25, 0.3) is 0 Å². The van der Waals surface area contributed by atoms with Crippen LogP contribution in [0.1, 0.15) is 27.2 Å². The van der Waals surface area contributed by atoms with Crippen molar-refractivity contribution in [2.45, 2.75) is 33.3 Å². The Labute approximate surface area is 123 Å². The monoisotopic (exact) mass is 357 g/mol. The molecule has 17 heavy (non-hydrogen) atoms. The normalized spacial score (nSPS) is 13.2. The fraction of sp³-hybridized carbons (Fsp3) is 0.917. The van der Waals surface area contributed by atoms with Gasteiger partial charge in [-0.25, -0.2) is 0 Å². The highest BCUT2D eigenvalue weighted by Gasteiger charge is 2.13. The zero-order chi connectivity index (χ0) is 12.6. The van der Waals surface area contributed by atoms with E-state index in [2.05, 4.69) is 24.2 Å². The van der Waals surface area contributed by atoms with Crippen LogP contribution in [-0.4, -0.2) is 51.3 Å². The molecule has 104 valence electrons. The fourth-order valence-corrected chi connectivity index (χ4v) is 1.59. The quantitative estimate of drug-likeness (QED) is 0.450. The Hall–Kier alpha value is -0.0400. The maximum absolute atomic E-state index is 5.69. The lowest BCUT2D eigenvalue weighted by Crippen LogP contribution is -2.38. The molecule has 0 aliphatic heterocycles. The van der Waals surface area contributed by atoms with E-state index in [-0.39, 0.29) is 24.0 Å². The van der Waals surface area contributed by atoms with Crippen LogP contribution in [-0.2, 0) is 4.74 Å². The van der Waals surface area contributed by atoms with E-state index in [1.807, 2.05) is 25.9 Å². The molecule has 0 aromatic rings. The number of ether oxygens (including phenoxy) is 1. The van der Waals surface area contributed by atoms with Crippen LogP contribution in [0.5, 0.6) is 0 Å². The molecule has 0 saturated heterocycles. The number of halogens is 1. The molecule has 1 atom stereocenters. The largest absolute Gasteiger partial charge is 0.378 e. The molecule has 0 saturated carbocycles. The average Bonchev–Trinajstić information content (AvgIpc) is 2.21. The van der Waals surface area contributed by atoms with Crippen molar-refractivity contribution < 1.29 is 4.74 Å². The minimum Gasteiger partial charge on any atom is -0.378 e. The molecule has 5 heteroatoms. The zero-order valence-corrected chi connectivity index (χ0v) is 14.3. The Balaban J connectivity index is 0. The molecular formula is C12H28IN3O. The molecule has 0 aromatic carbocycles. The summed E-state index contributed by atoms with van der Waals surface area (Å²) >= 11 is 0. The Morgan fingerprint density at radius 3 is 2.29 bits per heavy atom. The molecule has 0 aliphatic rings. The second-order valence-corrected chi connectivity index (χ2v) is 4.39. The maximum Gasteiger partial charge on any atom is 0.193 e. The van der Waals surface area contributed by atoms with E-state index in [9.17, 15) is 0 Å². The summed E-state index contributed by atoms with van der Waals surface area (Å²) in [6, 6.07) is 0. The van der Waals surface area contributed by atoms with Gasteiger partial charge in [0.2, 0.25) is 0 Å². The second-order valence-electron chi connectivity index (χ2n) is 4.39. The Morgan fingerprint density at radius 2 is 1.94 bits per heavy atom. The van der Waals surface area contributed by atoms with E-state index in [4.69, 9.17) is 4.74 Å². The first-order valence-electron chi connectivity index (χ1n) is 6.02. The van der Waals surface area contributed by atoms with Crippen LogP contribution >= 0.6 is 24.0 Å². The van der Waals surface area contributed by atoms with Gasteiger partial charge < -0.3 is 15.0 Å². The maximum atomic E-state index is 5.69. The van der Waals surface area contributed by atoms with Crippen LogP contribution in [0.25, 0.3) is 0 Å². The highest BCUT2D eigenvalue weighted by atomic mass is 127. The summed E-state index contributed by atoms with van der Waals surface area (Å²) in [5.41, 5.74) is 0. The highest BCUT2D eigenvalue weighted by molar-refractivity contribution is 14.0. The summed E-state index contributed by atoms with van der Waals surface area (Å²) in [6.07, 6.45) is 1.34. The predicted octanol–water partition coefficient (Wildman–Crippen LogP) is 2.19. The lowest BCUT2D eigenvalue weighted by atomic mass is 10.0. The predicted molar refractivity (Wildman–Crippen MR) is 85.3 cm³/mol. The number of rotatable bonds is 6. The summed E-state index contributed by atoms with van der Waals surface area (Å²) in [5.74, 6) is 1.47.